The number of aryl methyl sites for hydroxylation is 1. The highest BCUT2D eigenvalue weighted by atomic mass is 16.5. The summed E-state index contributed by atoms with van der Waals surface area (Å²) in [7, 11) is 5.12. The van der Waals surface area contributed by atoms with Gasteiger partial charge in [-0.05, 0) is 23.3 Å². The highest BCUT2D eigenvalue weighted by molar-refractivity contribution is 5.91. The molecule has 35 heavy (non-hydrogen) atoms. The number of aliphatic hydroxyl groups is 1. The highest BCUT2D eigenvalue weighted by Crippen LogP contribution is 2.49. The summed E-state index contributed by atoms with van der Waals surface area (Å²) in [6, 6.07) is 15.1. The summed E-state index contributed by atoms with van der Waals surface area (Å²) in [6.45, 7) is 1.29. The van der Waals surface area contributed by atoms with Gasteiger partial charge in [0.1, 0.15) is 12.4 Å². The zero-order valence-electron chi connectivity index (χ0n) is 20.4. The molecule has 0 unspecified atom stereocenters. The quantitative estimate of drug-likeness (QED) is 0.587. The van der Waals surface area contributed by atoms with Crippen LogP contribution in [0.4, 0.5) is 0 Å². The number of methoxy groups -OCH3 is 2. The fourth-order valence-corrected chi connectivity index (χ4v) is 5.83. The van der Waals surface area contributed by atoms with Gasteiger partial charge in [-0.2, -0.15) is 0 Å². The minimum absolute atomic E-state index is 0.0333. The third kappa shape index (κ3) is 3.77. The lowest BCUT2D eigenvalue weighted by molar-refractivity contribution is -0.147. The minimum Gasteiger partial charge on any atom is -0.497 e. The molecule has 0 aliphatic carbocycles. The topological polar surface area (TPSA) is 84.2 Å². The fourth-order valence-electron chi connectivity index (χ4n) is 5.83. The average Bonchev–Trinajstić information content (AvgIpc) is 3.14. The molecule has 0 saturated carbocycles. The van der Waals surface area contributed by atoms with Crippen molar-refractivity contribution < 1.29 is 24.2 Å². The van der Waals surface area contributed by atoms with E-state index in [9.17, 15) is 14.7 Å². The molecule has 2 aliphatic heterocycles. The smallest absolute Gasteiger partial charge is 0.248 e. The summed E-state index contributed by atoms with van der Waals surface area (Å²) in [4.78, 5) is 29.8. The van der Waals surface area contributed by atoms with E-state index >= 15 is 0 Å². The summed E-state index contributed by atoms with van der Waals surface area (Å²) in [6.07, 6.45) is 0.257. The van der Waals surface area contributed by atoms with Gasteiger partial charge in [0.25, 0.3) is 0 Å². The molecular formula is C27H31N3O5. The molecule has 0 bridgehead atoms. The number of benzene rings is 2. The molecule has 1 atom stereocenters. The fraction of sp³-hybridized carbons (Fsp3) is 0.407. The molecule has 2 aromatic carbocycles. The van der Waals surface area contributed by atoms with Crippen molar-refractivity contribution in [2.45, 2.75) is 17.9 Å². The number of carbonyl (C=O) groups excluding carboxylic acids is 2. The molecule has 2 aliphatic rings. The molecule has 184 valence electrons. The normalized spacial score (nSPS) is 18.5. The summed E-state index contributed by atoms with van der Waals surface area (Å²) < 4.78 is 12.6. The van der Waals surface area contributed by atoms with Crippen molar-refractivity contribution in [1.82, 2.24) is 14.4 Å². The summed E-state index contributed by atoms with van der Waals surface area (Å²) >= 11 is 0. The Balaban J connectivity index is 1.60. The number of likely N-dealkylation sites (tertiary alicyclic amines) is 1. The zero-order chi connectivity index (χ0) is 24.7. The van der Waals surface area contributed by atoms with Crippen LogP contribution in [-0.2, 0) is 33.2 Å². The molecule has 1 N–H and O–H groups in total. The number of hydrogen-bond donors (Lipinski definition) is 1. The van der Waals surface area contributed by atoms with E-state index < -0.39 is 11.5 Å². The van der Waals surface area contributed by atoms with Crippen LogP contribution < -0.4 is 4.74 Å². The number of nitrogens with zero attached hydrogens (tertiary/aromatic N) is 3. The van der Waals surface area contributed by atoms with Crippen LogP contribution in [0.25, 0.3) is 10.9 Å². The maximum Gasteiger partial charge on any atom is 0.248 e. The first-order valence-electron chi connectivity index (χ1n) is 11.8. The van der Waals surface area contributed by atoms with Crippen LogP contribution in [-0.4, -0.2) is 78.4 Å². The van der Waals surface area contributed by atoms with E-state index in [1.165, 1.54) is 7.11 Å². The van der Waals surface area contributed by atoms with E-state index in [2.05, 4.69) is 4.57 Å². The van der Waals surface area contributed by atoms with Crippen molar-refractivity contribution >= 4 is 22.7 Å². The van der Waals surface area contributed by atoms with Gasteiger partial charge in [-0.3, -0.25) is 9.59 Å². The Labute approximate surface area is 204 Å². The van der Waals surface area contributed by atoms with Gasteiger partial charge in [-0.15, -0.1) is 0 Å². The molecule has 3 aromatic rings. The number of amides is 2. The van der Waals surface area contributed by atoms with Crippen molar-refractivity contribution in [3.05, 3.63) is 65.4 Å². The van der Waals surface area contributed by atoms with Crippen molar-refractivity contribution in [2.24, 2.45) is 7.05 Å². The molecule has 0 radical (unpaired) electrons. The SMILES string of the molecule is COCC(=O)N1CC2(C1)CN(C(=O)Cc1ccccc1)[C@H](CO)c1c2c2ccc(OC)cc2n1C. The number of rotatable bonds is 6. The van der Waals surface area contributed by atoms with E-state index in [0.717, 1.165) is 33.5 Å². The Morgan fingerprint density at radius 1 is 1.06 bits per heavy atom. The zero-order valence-corrected chi connectivity index (χ0v) is 20.4. The number of fused-ring (bicyclic) bond motifs is 4. The second-order valence-corrected chi connectivity index (χ2v) is 9.55. The molecule has 8 nitrogen and oxygen atoms in total. The van der Waals surface area contributed by atoms with Gasteiger partial charge in [-0.25, -0.2) is 0 Å². The maximum absolute atomic E-state index is 13.6. The van der Waals surface area contributed by atoms with Gasteiger partial charge in [0, 0.05) is 50.9 Å². The molecule has 5 rings (SSSR count). The van der Waals surface area contributed by atoms with E-state index in [1.54, 1.807) is 12.0 Å². The Hall–Kier alpha value is -3.36. The Morgan fingerprint density at radius 3 is 2.46 bits per heavy atom. The van der Waals surface area contributed by atoms with Crippen molar-refractivity contribution in [3.8, 4) is 5.75 Å². The van der Waals surface area contributed by atoms with Crippen LogP contribution >= 0.6 is 0 Å². The summed E-state index contributed by atoms with van der Waals surface area (Å²) in [5.74, 6) is 0.644. The van der Waals surface area contributed by atoms with Crippen LogP contribution in [0.2, 0.25) is 0 Å². The largest absolute Gasteiger partial charge is 0.497 e. The first kappa shape index (κ1) is 23.4. The highest BCUT2D eigenvalue weighted by Gasteiger charge is 2.55. The van der Waals surface area contributed by atoms with Crippen LogP contribution in [0.15, 0.2) is 48.5 Å². The lowest BCUT2D eigenvalue weighted by atomic mass is 9.68. The minimum atomic E-state index is -0.473. The standard InChI is InChI=1S/C27H31N3O5/c1-28-21-12-19(35-3)9-10-20(21)25-26(28)22(13-31)30(23(32)11-18-7-5-4-6-8-18)17-27(25)15-29(16-27)24(33)14-34-2/h4-10,12,22,31H,11,13-17H2,1-3H3/t22-/m1/s1. The van der Waals surface area contributed by atoms with Gasteiger partial charge < -0.3 is 28.9 Å². The van der Waals surface area contributed by atoms with E-state index in [4.69, 9.17) is 9.47 Å². The first-order valence-corrected chi connectivity index (χ1v) is 11.8. The van der Waals surface area contributed by atoms with E-state index in [-0.39, 0.29) is 31.4 Å². The molecule has 1 spiro atoms. The Morgan fingerprint density at radius 2 is 1.80 bits per heavy atom. The average molecular weight is 478 g/mol. The monoisotopic (exact) mass is 477 g/mol. The number of aliphatic hydroxyl groups excluding tert-OH is 1. The summed E-state index contributed by atoms with van der Waals surface area (Å²) in [5.41, 5.74) is 3.53. The number of aromatic nitrogens is 1. The van der Waals surface area contributed by atoms with Crippen LogP contribution in [0.5, 0.6) is 5.75 Å². The number of ether oxygens (including phenoxy) is 2. The second-order valence-electron chi connectivity index (χ2n) is 9.55. The lowest BCUT2D eigenvalue weighted by Gasteiger charge is -2.56. The molecule has 1 saturated heterocycles. The van der Waals surface area contributed by atoms with Gasteiger partial charge in [0.2, 0.25) is 11.8 Å². The van der Waals surface area contributed by atoms with Crippen LogP contribution in [0.3, 0.4) is 0 Å². The molecule has 3 heterocycles. The van der Waals surface area contributed by atoms with E-state index in [1.807, 2.05) is 60.5 Å². The molecule has 2 amide bonds. The van der Waals surface area contributed by atoms with Gasteiger partial charge in [0.15, 0.2) is 0 Å². The second kappa shape index (κ2) is 9.02. The third-order valence-electron chi connectivity index (χ3n) is 7.45. The summed E-state index contributed by atoms with van der Waals surface area (Å²) in [5, 5.41) is 11.6. The van der Waals surface area contributed by atoms with Gasteiger partial charge in [0.05, 0.1) is 37.1 Å². The number of carbonyl (C=O) groups is 2. The van der Waals surface area contributed by atoms with E-state index in [0.29, 0.717) is 19.6 Å². The molecule has 1 aromatic heterocycles. The lowest BCUT2D eigenvalue weighted by Crippen LogP contribution is -2.68. The molecule has 8 heteroatoms. The molecular weight excluding hydrogens is 446 g/mol. The van der Waals surface area contributed by atoms with Crippen LogP contribution in [0.1, 0.15) is 22.9 Å². The van der Waals surface area contributed by atoms with Crippen molar-refractivity contribution in [2.75, 3.05) is 47.1 Å². The molecule has 1 fully saturated rings. The predicted octanol–water partition coefficient (Wildman–Crippen LogP) is 2.03. The van der Waals surface area contributed by atoms with Gasteiger partial charge in [-0.1, -0.05) is 30.3 Å². The van der Waals surface area contributed by atoms with Crippen LogP contribution in [0, 0.1) is 0 Å². The predicted molar refractivity (Wildman–Crippen MR) is 131 cm³/mol. The maximum atomic E-state index is 13.6. The Bertz CT molecular complexity index is 1260. The van der Waals surface area contributed by atoms with Crippen molar-refractivity contribution in [1.29, 1.82) is 0 Å². The van der Waals surface area contributed by atoms with Crippen molar-refractivity contribution in [3.63, 3.8) is 0 Å². The van der Waals surface area contributed by atoms with Gasteiger partial charge >= 0.3 is 0 Å². The third-order valence-corrected chi connectivity index (χ3v) is 7.45. The Kier molecular flexibility index (Phi) is 6.02. The number of hydrogen-bond acceptors (Lipinski definition) is 5. The first-order chi connectivity index (χ1) is 16.9.